The van der Waals surface area contributed by atoms with Crippen LogP contribution in [0.2, 0.25) is 0 Å². The third-order valence-electron chi connectivity index (χ3n) is 3.19. The molecule has 0 fully saturated rings. The van der Waals surface area contributed by atoms with Gasteiger partial charge in [-0.15, -0.1) is 0 Å². The fraction of sp³-hybridized carbons (Fsp3) is 0.500. The molecule has 0 atom stereocenters. The zero-order valence-electron chi connectivity index (χ0n) is 14.0. The van der Waals surface area contributed by atoms with Gasteiger partial charge in [0, 0.05) is 18.5 Å². The number of Topliss-reactive ketones (excluding diaryl/α,β-unsaturated/α-hetero) is 1. The van der Waals surface area contributed by atoms with Crippen LogP contribution in [0.5, 0.6) is 0 Å². The van der Waals surface area contributed by atoms with Crippen molar-refractivity contribution in [2.24, 2.45) is 5.92 Å². The molecule has 0 aliphatic heterocycles. The van der Waals surface area contributed by atoms with Crippen LogP contribution in [0.25, 0.3) is 0 Å². The first kappa shape index (κ1) is 19.2. The molecule has 1 N–H and O–H groups in total. The Morgan fingerprint density at radius 2 is 1.74 bits per heavy atom. The van der Waals surface area contributed by atoms with E-state index in [2.05, 4.69) is 5.32 Å². The number of nitrogens with one attached hydrogen (secondary N) is 1. The lowest BCUT2D eigenvalue weighted by atomic mass is 10.1. The van der Waals surface area contributed by atoms with Crippen molar-refractivity contribution in [3.8, 4) is 0 Å². The molecule has 0 saturated carbocycles. The standard InChI is InChI=1S/C16H24N2O4S/c1-12(2)11-16(20)17-9-10-18(23(4,21)22)15-7-5-14(6-8-15)13(3)19/h5-8,12H,9-11H2,1-4H3,(H,17,20). The lowest BCUT2D eigenvalue weighted by molar-refractivity contribution is -0.121. The van der Waals surface area contributed by atoms with E-state index in [1.165, 1.54) is 11.2 Å². The molecule has 7 heteroatoms. The molecular formula is C16H24N2O4S. The molecule has 0 spiro atoms. The fourth-order valence-corrected chi connectivity index (χ4v) is 3.02. The highest BCUT2D eigenvalue weighted by Gasteiger charge is 2.17. The Hall–Kier alpha value is -1.89. The van der Waals surface area contributed by atoms with E-state index in [1.807, 2.05) is 13.8 Å². The van der Waals surface area contributed by atoms with Gasteiger partial charge >= 0.3 is 0 Å². The number of amides is 1. The van der Waals surface area contributed by atoms with Crippen LogP contribution < -0.4 is 9.62 Å². The van der Waals surface area contributed by atoms with E-state index >= 15 is 0 Å². The Labute approximate surface area is 137 Å². The zero-order chi connectivity index (χ0) is 17.6. The van der Waals surface area contributed by atoms with Gasteiger partial charge in [0.15, 0.2) is 5.78 Å². The van der Waals surface area contributed by atoms with Crippen LogP contribution in [0.15, 0.2) is 24.3 Å². The van der Waals surface area contributed by atoms with Gasteiger partial charge in [0.1, 0.15) is 0 Å². The quantitative estimate of drug-likeness (QED) is 0.732. The first-order chi connectivity index (χ1) is 10.6. The first-order valence-corrected chi connectivity index (χ1v) is 9.31. The number of hydrogen-bond donors (Lipinski definition) is 1. The minimum atomic E-state index is -3.47. The highest BCUT2D eigenvalue weighted by atomic mass is 32.2. The summed E-state index contributed by atoms with van der Waals surface area (Å²) in [7, 11) is -3.47. The third-order valence-corrected chi connectivity index (χ3v) is 4.39. The topological polar surface area (TPSA) is 83.6 Å². The number of hydrogen-bond acceptors (Lipinski definition) is 4. The molecule has 1 rings (SSSR count). The van der Waals surface area contributed by atoms with Crippen molar-refractivity contribution in [1.29, 1.82) is 0 Å². The van der Waals surface area contributed by atoms with Crippen molar-refractivity contribution >= 4 is 27.4 Å². The molecule has 1 aromatic rings. The second-order valence-corrected chi connectivity index (χ2v) is 7.79. The van der Waals surface area contributed by atoms with Crippen LogP contribution in [0.1, 0.15) is 37.6 Å². The molecule has 0 unspecified atom stereocenters. The summed E-state index contributed by atoms with van der Waals surface area (Å²) in [6.45, 7) is 5.71. The number of carbonyl (C=O) groups is 2. The Kier molecular flexibility index (Phi) is 6.75. The largest absolute Gasteiger partial charge is 0.354 e. The Balaban J connectivity index is 2.78. The fourth-order valence-electron chi connectivity index (χ4n) is 2.09. The van der Waals surface area contributed by atoms with Gasteiger partial charge in [-0.25, -0.2) is 8.42 Å². The van der Waals surface area contributed by atoms with E-state index in [0.29, 0.717) is 17.7 Å². The van der Waals surface area contributed by atoms with Gasteiger partial charge in [-0.05, 0) is 37.1 Å². The van der Waals surface area contributed by atoms with Gasteiger partial charge < -0.3 is 5.32 Å². The molecule has 0 aromatic heterocycles. The average molecular weight is 340 g/mol. The van der Waals surface area contributed by atoms with E-state index in [9.17, 15) is 18.0 Å². The van der Waals surface area contributed by atoms with Gasteiger partial charge in [0.05, 0.1) is 18.5 Å². The maximum Gasteiger partial charge on any atom is 0.232 e. The molecule has 0 aliphatic carbocycles. The molecule has 0 radical (unpaired) electrons. The van der Waals surface area contributed by atoms with Crippen molar-refractivity contribution in [3.63, 3.8) is 0 Å². The zero-order valence-corrected chi connectivity index (χ0v) is 14.8. The summed E-state index contributed by atoms with van der Waals surface area (Å²) in [6.07, 6.45) is 1.52. The second-order valence-electron chi connectivity index (χ2n) is 5.89. The molecular weight excluding hydrogens is 316 g/mol. The average Bonchev–Trinajstić information content (AvgIpc) is 2.41. The van der Waals surface area contributed by atoms with Crippen LogP contribution in [-0.2, 0) is 14.8 Å². The number of rotatable bonds is 8. The molecule has 128 valence electrons. The lowest BCUT2D eigenvalue weighted by Crippen LogP contribution is -2.38. The van der Waals surface area contributed by atoms with Crippen LogP contribution in [0.4, 0.5) is 5.69 Å². The van der Waals surface area contributed by atoms with Crippen molar-refractivity contribution in [2.75, 3.05) is 23.7 Å². The number of carbonyl (C=O) groups excluding carboxylic acids is 2. The van der Waals surface area contributed by atoms with Gasteiger partial charge in [-0.3, -0.25) is 13.9 Å². The Morgan fingerprint density at radius 1 is 1.17 bits per heavy atom. The number of ketones is 1. The van der Waals surface area contributed by atoms with Crippen LogP contribution in [-0.4, -0.2) is 39.5 Å². The molecule has 0 saturated heterocycles. The van der Waals surface area contributed by atoms with E-state index in [0.717, 1.165) is 6.26 Å². The van der Waals surface area contributed by atoms with Gasteiger partial charge in [0.25, 0.3) is 0 Å². The summed E-state index contributed by atoms with van der Waals surface area (Å²) >= 11 is 0. The van der Waals surface area contributed by atoms with Crippen molar-refractivity contribution in [1.82, 2.24) is 5.32 Å². The van der Waals surface area contributed by atoms with Crippen molar-refractivity contribution in [3.05, 3.63) is 29.8 Å². The monoisotopic (exact) mass is 340 g/mol. The van der Waals surface area contributed by atoms with Gasteiger partial charge in [-0.1, -0.05) is 13.8 Å². The predicted molar refractivity (Wildman–Crippen MR) is 91.1 cm³/mol. The molecule has 6 nitrogen and oxygen atoms in total. The summed E-state index contributed by atoms with van der Waals surface area (Å²) < 4.78 is 25.1. The van der Waals surface area contributed by atoms with Crippen molar-refractivity contribution in [2.45, 2.75) is 27.2 Å². The molecule has 0 bridgehead atoms. The lowest BCUT2D eigenvalue weighted by Gasteiger charge is -2.22. The van der Waals surface area contributed by atoms with Gasteiger partial charge in [0.2, 0.25) is 15.9 Å². The maximum absolute atomic E-state index is 12.0. The SMILES string of the molecule is CC(=O)c1ccc(N(CCNC(=O)CC(C)C)S(C)(=O)=O)cc1. The summed E-state index contributed by atoms with van der Waals surface area (Å²) in [5.74, 6) is 0.0731. The molecule has 23 heavy (non-hydrogen) atoms. The Bertz CT molecular complexity index is 651. The molecule has 1 amide bonds. The Morgan fingerprint density at radius 3 is 2.17 bits per heavy atom. The number of benzene rings is 1. The van der Waals surface area contributed by atoms with Crippen molar-refractivity contribution < 1.29 is 18.0 Å². The predicted octanol–water partition coefficient (Wildman–Crippen LogP) is 1.82. The van der Waals surface area contributed by atoms with Crippen LogP contribution in [0, 0.1) is 5.92 Å². The van der Waals surface area contributed by atoms with E-state index in [-0.39, 0.29) is 30.7 Å². The minimum Gasteiger partial charge on any atom is -0.354 e. The molecule has 1 aromatic carbocycles. The minimum absolute atomic E-state index is 0.0802. The summed E-state index contributed by atoms with van der Waals surface area (Å²) in [5, 5.41) is 2.72. The highest BCUT2D eigenvalue weighted by molar-refractivity contribution is 7.92. The third kappa shape index (κ3) is 6.40. The second kappa shape index (κ2) is 8.10. The highest BCUT2D eigenvalue weighted by Crippen LogP contribution is 2.18. The van der Waals surface area contributed by atoms with Gasteiger partial charge in [-0.2, -0.15) is 0 Å². The summed E-state index contributed by atoms with van der Waals surface area (Å²) in [6, 6.07) is 6.36. The summed E-state index contributed by atoms with van der Waals surface area (Å²) in [5.41, 5.74) is 0.989. The molecule has 0 heterocycles. The van der Waals surface area contributed by atoms with Crippen LogP contribution >= 0.6 is 0 Å². The number of nitrogens with zero attached hydrogens (tertiary/aromatic N) is 1. The smallest absolute Gasteiger partial charge is 0.232 e. The van der Waals surface area contributed by atoms with Crippen LogP contribution in [0.3, 0.4) is 0 Å². The van der Waals surface area contributed by atoms with E-state index < -0.39 is 10.0 Å². The van der Waals surface area contributed by atoms with E-state index in [4.69, 9.17) is 0 Å². The number of anilines is 1. The summed E-state index contributed by atoms with van der Waals surface area (Å²) in [4.78, 5) is 22.9. The number of sulfonamides is 1. The maximum atomic E-state index is 12.0. The molecule has 0 aliphatic rings. The van der Waals surface area contributed by atoms with E-state index in [1.54, 1.807) is 24.3 Å². The first-order valence-electron chi connectivity index (χ1n) is 7.46. The normalized spacial score (nSPS) is 11.3.